The Kier molecular flexibility index (Phi) is 5.84. The van der Waals surface area contributed by atoms with Crippen molar-refractivity contribution in [2.24, 2.45) is 0 Å². The van der Waals surface area contributed by atoms with Gasteiger partial charge in [0.05, 0.1) is 16.8 Å². The Morgan fingerprint density at radius 2 is 2.00 bits per heavy atom. The SMILES string of the molecule is O=C(CSc1nc2ccc(Cl)cc2[nH]1)NC1CCCCCCC1. The molecule has 3 rings (SSSR count). The molecule has 1 fully saturated rings. The van der Waals surface area contributed by atoms with Crippen molar-refractivity contribution in [2.45, 2.75) is 56.1 Å². The fourth-order valence-electron chi connectivity index (χ4n) is 3.03. The lowest BCUT2D eigenvalue weighted by Crippen LogP contribution is -2.36. The van der Waals surface area contributed by atoms with Gasteiger partial charge >= 0.3 is 0 Å². The zero-order valence-electron chi connectivity index (χ0n) is 13.1. The molecule has 0 radical (unpaired) electrons. The highest BCUT2D eigenvalue weighted by molar-refractivity contribution is 7.99. The number of halogens is 1. The monoisotopic (exact) mass is 351 g/mol. The predicted octanol–water partition coefficient (Wildman–Crippen LogP) is 4.54. The number of amides is 1. The van der Waals surface area contributed by atoms with Gasteiger partial charge in [-0.2, -0.15) is 0 Å². The Morgan fingerprint density at radius 3 is 2.78 bits per heavy atom. The van der Waals surface area contributed by atoms with E-state index in [0.29, 0.717) is 16.8 Å². The fraction of sp³-hybridized carbons (Fsp3) is 0.529. The van der Waals surface area contributed by atoms with Crippen molar-refractivity contribution in [1.82, 2.24) is 15.3 Å². The number of nitrogens with zero attached hydrogens (tertiary/aromatic N) is 1. The first-order chi connectivity index (χ1) is 11.2. The normalized spacial score (nSPS) is 16.9. The van der Waals surface area contributed by atoms with Gasteiger partial charge < -0.3 is 10.3 Å². The molecule has 1 aromatic heterocycles. The molecule has 1 aliphatic rings. The largest absolute Gasteiger partial charge is 0.353 e. The molecule has 6 heteroatoms. The quantitative estimate of drug-likeness (QED) is 0.795. The molecule has 0 aliphatic heterocycles. The number of imidazole rings is 1. The summed E-state index contributed by atoms with van der Waals surface area (Å²) in [5, 5.41) is 4.62. The number of H-pyrrole nitrogens is 1. The molecule has 1 heterocycles. The van der Waals surface area contributed by atoms with Crippen molar-refractivity contribution in [3.05, 3.63) is 23.2 Å². The average Bonchev–Trinajstić information content (AvgIpc) is 2.90. The number of carbonyl (C=O) groups is 1. The standard InChI is InChI=1S/C17H22ClN3OS/c18-12-8-9-14-15(10-12)21-17(20-14)23-11-16(22)19-13-6-4-2-1-3-5-7-13/h8-10,13H,1-7,11H2,(H,19,22)(H,20,21). The summed E-state index contributed by atoms with van der Waals surface area (Å²) in [6, 6.07) is 5.90. The molecular weight excluding hydrogens is 330 g/mol. The highest BCUT2D eigenvalue weighted by Gasteiger charge is 2.14. The van der Waals surface area contributed by atoms with Gasteiger partial charge in [-0.3, -0.25) is 4.79 Å². The third kappa shape index (κ3) is 4.88. The van der Waals surface area contributed by atoms with E-state index >= 15 is 0 Å². The molecule has 0 bridgehead atoms. The molecule has 0 unspecified atom stereocenters. The summed E-state index contributed by atoms with van der Waals surface area (Å²) in [5.74, 6) is 0.489. The molecule has 0 saturated heterocycles. The molecule has 2 aromatic rings. The fourth-order valence-corrected chi connectivity index (χ4v) is 3.90. The van der Waals surface area contributed by atoms with Crippen LogP contribution in [-0.4, -0.2) is 27.7 Å². The zero-order chi connectivity index (χ0) is 16.1. The molecule has 23 heavy (non-hydrogen) atoms. The second-order valence-electron chi connectivity index (χ2n) is 6.10. The summed E-state index contributed by atoms with van der Waals surface area (Å²) >= 11 is 7.41. The van der Waals surface area contributed by atoms with Gasteiger partial charge in [0.15, 0.2) is 5.16 Å². The second-order valence-corrected chi connectivity index (χ2v) is 7.50. The van der Waals surface area contributed by atoms with Gasteiger partial charge in [-0.05, 0) is 31.0 Å². The summed E-state index contributed by atoms with van der Waals surface area (Å²) in [6.07, 6.45) is 8.60. The summed E-state index contributed by atoms with van der Waals surface area (Å²) < 4.78 is 0. The first-order valence-electron chi connectivity index (χ1n) is 8.28. The van der Waals surface area contributed by atoms with E-state index in [1.54, 1.807) is 0 Å². The van der Waals surface area contributed by atoms with Crippen LogP contribution >= 0.6 is 23.4 Å². The maximum absolute atomic E-state index is 12.2. The highest BCUT2D eigenvalue weighted by Crippen LogP contribution is 2.22. The van der Waals surface area contributed by atoms with E-state index in [1.165, 1.54) is 43.9 Å². The zero-order valence-corrected chi connectivity index (χ0v) is 14.7. The summed E-state index contributed by atoms with van der Waals surface area (Å²) in [4.78, 5) is 19.8. The lowest BCUT2D eigenvalue weighted by atomic mass is 9.97. The van der Waals surface area contributed by atoms with Gasteiger partial charge in [0.2, 0.25) is 5.91 Å². The summed E-state index contributed by atoms with van der Waals surface area (Å²) in [6.45, 7) is 0. The molecule has 1 amide bonds. The number of hydrogen-bond acceptors (Lipinski definition) is 3. The van der Waals surface area contributed by atoms with E-state index in [0.717, 1.165) is 29.0 Å². The number of hydrogen-bond donors (Lipinski definition) is 2. The Hall–Kier alpha value is -1.20. The third-order valence-corrected chi connectivity index (χ3v) is 5.34. The van der Waals surface area contributed by atoms with Crippen LogP contribution in [0.5, 0.6) is 0 Å². The van der Waals surface area contributed by atoms with Gasteiger partial charge in [-0.1, -0.05) is 55.5 Å². The smallest absolute Gasteiger partial charge is 0.230 e. The molecule has 0 spiro atoms. The highest BCUT2D eigenvalue weighted by atomic mass is 35.5. The van der Waals surface area contributed by atoms with E-state index < -0.39 is 0 Å². The molecule has 1 saturated carbocycles. The Morgan fingerprint density at radius 1 is 1.26 bits per heavy atom. The second kappa shape index (κ2) is 8.06. The topological polar surface area (TPSA) is 57.8 Å². The Labute approximate surface area is 145 Å². The van der Waals surface area contributed by atoms with Gasteiger partial charge in [0, 0.05) is 11.1 Å². The molecule has 124 valence electrons. The lowest BCUT2D eigenvalue weighted by Gasteiger charge is -2.20. The van der Waals surface area contributed by atoms with E-state index in [9.17, 15) is 4.79 Å². The van der Waals surface area contributed by atoms with Crippen LogP contribution in [0, 0.1) is 0 Å². The third-order valence-electron chi connectivity index (χ3n) is 4.23. The number of aromatic nitrogens is 2. The van der Waals surface area contributed by atoms with Crippen LogP contribution in [0.3, 0.4) is 0 Å². The van der Waals surface area contributed by atoms with E-state index in [2.05, 4.69) is 15.3 Å². The maximum atomic E-state index is 12.2. The molecule has 0 atom stereocenters. The first-order valence-corrected chi connectivity index (χ1v) is 9.64. The van der Waals surface area contributed by atoms with Crippen molar-refractivity contribution in [3.8, 4) is 0 Å². The number of nitrogens with one attached hydrogen (secondary N) is 2. The van der Waals surface area contributed by atoms with Gasteiger partial charge in [-0.25, -0.2) is 4.98 Å². The summed E-state index contributed by atoms with van der Waals surface area (Å²) in [7, 11) is 0. The van der Waals surface area contributed by atoms with Crippen LogP contribution in [0.1, 0.15) is 44.9 Å². The van der Waals surface area contributed by atoms with Crippen LogP contribution in [0.15, 0.2) is 23.4 Å². The first kappa shape index (κ1) is 16.7. The van der Waals surface area contributed by atoms with Crippen LogP contribution in [0.4, 0.5) is 0 Å². The predicted molar refractivity (Wildman–Crippen MR) is 96.1 cm³/mol. The van der Waals surface area contributed by atoms with Crippen molar-refractivity contribution in [1.29, 1.82) is 0 Å². The van der Waals surface area contributed by atoms with E-state index in [4.69, 9.17) is 11.6 Å². The van der Waals surface area contributed by atoms with Crippen molar-refractivity contribution < 1.29 is 4.79 Å². The molecule has 1 aromatic carbocycles. The molecule has 1 aliphatic carbocycles. The minimum atomic E-state index is 0.0964. The number of rotatable bonds is 4. The Bertz CT molecular complexity index is 665. The number of benzene rings is 1. The maximum Gasteiger partial charge on any atom is 0.230 e. The molecule has 4 nitrogen and oxygen atoms in total. The minimum Gasteiger partial charge on any atom is -0.353 e. The van der Waals surface area contributed by atoms with E-state index in [-0.39, 0.29) is 5.91 Å². The Balaban J connectivity index is 1.51. The number of fused-ring (bicyclic) bond motifs is 1. The lowest BCUT2D eigenvalue weighted by molar-refractivity contribution is -0.119. The molecular formula is C17H22ClN3OS. The number of aromatic amines is 1. The van der Waals surface area contributed by atoms with Crippen molar-refractivity contribution in [2.75, 3.05) is 5.75 Å². The van der Waals surface area contributed by atoms with Gasteiger partial charge in [0.25, 0.3) is 0 Å². The van der Waals surface area contributed by atoms with Crippen LogP contribution < -0.4 is 5.32 Å². The number of thioether (sulfide) groups is 1. The van der Waals surface area contributed by atoms with Crippen molar-refractivity contribution in [3.63, 3.8) is 0 Å². The van der Waals surface area contributed by atoms with Gasteiger partial charge in [-0.15, -0.1) is 0 Å². The minimum absolute atomic E-state index is 0.0964. The van der Waals surface area contributed by atoms with Crippen molar-refractivity contribution >= 4 is 40.3 Å². The van der Waals surface area contributed by atoms with E-state index in [1.807, 2.05) is 18.2 Å². The van der Waals surface area contributed by atoms with Crippen LogP contribution in [0.25, 0.3) is 11.0 Å². The van der Waals surface area contributed by atoms with Crippen LogP contribution in [-0.2, 0) is 4.79 Å². The van der Waals surface area contributed by atoms with Crippen LogP contribution in [0.2, 0.25) is 5.02 Å². The molecule has 2 N–H and O–H groups in total. The number of carbonyl (C=O) groups excluding carboxylic acids is 1. The average molecular weight is 352 g/mol. The summed E-state index contributed by atoms with van der Waals surface area (Å²) in [5.41, 5.74) is 1.78. The van der Waals surface area contributed by atoms with Gasteiger partial charge in [0.1, 0.15) is 0 Å².